The molecular weight excluding hydrogens is 384 g/mol. The van der Waals surface area contributed by atoms with E-state index in [0.29, 0.717) is 22.4 Å². The zero-order valence-corrected chi connectivity index (χ0v) is 16.6. The van der Waals surface area contributed by atoms with E-state index in [9.17, 15) is 20.3 Å². The Morgan fingerprint density at radius 1 is 1.17 bits per heavy atom. The van der Waals surface area contributed by atoms with Crippen molar-refractivity contribution in [1.82, 2.24) is 4.98 Å². The number of fused-ring (bicyclic) bond motifs is 4. The summed E-state index contributed by atoms with van der Waals surface area (Å²) in [5.41, 5.74) is 3.52. The summed E-state index contributed by atoms with van der Waals surface area (Å²) in [6.45, 7) is 3.27. The van der Waals surface area contributed by atoms with Gasteiger partial charge in [0, 0.05) is 27.6 Å². The van der Waals surface area contributed by atoms with E-state index in [-0.39, 0.29) is 12.4 Å². The first-order valence-electron chi connectivity index (χ1n) is 9.63. The number of nitriles is 1. The van der Waals surface area contributed by atoms with Gasteiger partial charge < -0.3 is 25.0 Å². The molecule has 3 aromatic rings. The summed E-state index contributed by atoms with van der Waals surface area (Å²) in [4.78, 5) is 16.7. The van der Waals surface area contributed by atoms with Crippen molar-refractivity contribution < 1.29 is 24.9 Å². The Labute approximate surface area is 173 Å². The van der Waals surface area contributed by atoms with Crippen LogP contribution in [-0.2, 0) is 5.41 Å². The van der Waals surface area contributed by atoms with Crippen LogP contribution in [0.2, 0.25) is 0 Å². The molecule has 0 bridgehead atoms. The van der Waals surface area contributed by atoms with Crippen LogP contribution in [0.1, 0.15) is 46.6 Å². The van der Waals surface area contributed by atoms with Crippen LogP contribution in [0.25, 0.3) is 10.9 Å². The third-order valence-electron chi connectivity index (χ3n) is 5.74. The first-order chi connectivity index (χ1) is 14.3. The zero-order valence-electron chi connectivity index (χ0n) is 16.6. The molecule has 2 aromatic carbocycles. The number of carbonyl (C=O) groups is 1. The summed E-state index contributed by atoms with van der Waals surface area (Å²) in [5.74, 6) is 0.244. The average molecular weight is 406 g/mol. The summed E-state index contributed by atoms with van der Waals surface area (Å²) in [7, 11) is 0. The first kappa shape index (κ1) is 20.1. The Kier molecular flexibility index (Phi) is 4.86. The fourth-order valence-electron chi connectivity index (χ4n) is 4.00. The van der Waals surface area contributed by atoms with E-state index >= 15 is 0 Å². The Morgan fingerprint density at radius 2 is 1.93 bits per heavy atom. The van der Waals surface area contributed by atoms with Crippen molar-refractivity contribution in [2.45, 2.75) is 31.5 Å². The van der Waals surface area contributed by atoms with Crippen LogP contribution >= 0.6 is 0 Å². The molecule has 1 heterocycles. The van der Waals surface area contributed by atoms with Gasteiger partial charge in [0.25, 0.3) is 0 Å². The standard InChI is InChI=1S/C23H22N2O5/c1-23(2)16-6-4-13(30-11-19(28)18(27)10-26)8-15(16)21(29)20-14-5-3-12(9-24)7-17(14)25-22(20)23/h3-8,18-19,25-28H,10-11H2,1-2H3/t18?,19-/m1/s1. The molecule has 4 rings (SSSR count). The molecule has 7 heteroatoms. The molecule has 1 aliphatic rings. The number of aromatic amines is 1. The summed E-state index contributed by atoms with van der Waals surface area (Å²) in [5, 5.41) is 38.1. The van der Waals surface area contributed by atoms with Gasteiger partial charge in [-0.2, -0.15) is 5.26 Å². The molecule has 0 spiro atoms. The van der Waals surface area contributed by atoms with Crippen LogP contribution in [0, 0.1) is 11.3 Å². The minimum absolute atomic E-state index is 0.142. The molecule has 154 valence electrons. The molecule has 7 nitrogen and oxygen atoms in total. The van der Waals surface area contributed by atoms with E-state index in [4.69, 9.17) is 9.84 Å². The van der Waals surface area contributed by atoms with Crippen LogP contribution in [0.3, 0.4) is 0 Å². The zero-order chi connectivity index (χ0) is 21.6. The highest BCUT2D eigenvalue weighted by Crippen LogP contribution is 2.44. The minimum Gasteiger partial charge on any atom is -0.491 e. The molecule has 0 saturated carbocycles. The number of ether oxygens (including phenoxy) is 1. The maximum atomic E-state index is 13.4. The number of hydrogen-bond acceptors (Lipinski definition) is 6. The molecular formula is C23H22N2O5. The van der Waals surface area contributed by atoms with Gasteiger partial charge in [-0.15, -0.1) is 0 Å². The number of carbonyl (C=O) groups excluding carboxylic acids is 1. The van der Waals surface area contributed by atoms with Gasteiger partial charge in [0.2, 0.25) is 0 Å². The van der Waals surface area contributed by atoms with Gasteiger partial charge in [0.1, 0.15) is 24.6 Å². The number of aromatic nitrogens is 1. The van der Waals surface area contributed by atoms with Crippen LogP contribution in [0.4, 0.5) is 0 Å². The van der Waals surface area contributed by atoms with Crippen LogP contribution in [0.5, 0.6) is 5.75 Å². The van der Waals surface area contributed by atoms with Gasteiger partial charge in [-0.25, -0.2) is 0 Å². The van der Waals surface area contributed by atoms with E-state index in [1.165, 1.54) is 0 Å². The maximum absolute atomic E-state index is 13.4. The van der Waals surface area contributed by atoms with Crippen molar-refractivity contribution in [1.29, 1.82) is 5.26 Å². The van der Waals surface area contributed by atoms with E-state index < -0.39 is 24.2 Å². The number of hydrogen-bond donors (Lipinski definition) is 4. The van der Waals surface area contributed by atoms with Gasteiger partial charge in [0.15, 0.2) is 5.78 Å². The second kappa shape index (κ2) is 7.26. The fourth-order valence-corrected chi connectivity index (χ4v) is 4.00. The monoisotopic (exact) mass is 406 g/mol. The molecule has 1 unspecified atom stereocenters. The molecule has 1 aliphatic carbocycles. The Morgan fingerprint density at radius 3 is 2.63 bits per heavy atom. The normalized spacial score (nSPS) is 16.5. The molecule has 4 N–H and O–H groups in total. The van der Waals surface area contributed by atoms with Crippen molar-refractivity contribution in [2.24, 2.45) is 0 Å². The topological polar surface area (TPSA) is 127 Å². The van der Waals surface area contributed by atoms with Crippen molar-refractivity contribution in [2.75, 3.05) is 13.2 Å². The summed E-state index contributed by atoms with van der Waals surface area (Å²) in [6.07, 6.45) is -2.54. The SMILES string of the molecule is CC1(C)c2ccc(OC[C@@H](O)C(O)CO)cc2C(=O)c2c1[nH]c1cc(C#N)ccc21. The van der Waals surface area contributed by atoms with Gasteiger partial charge in [-0.3, -0.25) is 4.79 Å². The first-order valence-corrected chi connectivity index (χ1v) is 9.63. The third-order valence-corrected chi connectivity index (χ3v) is 5.74. The third kappa shape index (κ3) is 3.06. The van der Waals surface area contributed by atoms with Crippen molar-refractivity contribution in [3.8, 4) is 11.8 Å². The largest absolute Gasteiger partial charge is 0.491 e. The highest BCUT2D eigenvalue weighted by Gasteiger charge is 2.39. The summed E-state index contributed by atoms with van der Waals surface area (Å²) >= 11 is 0. The number of benzene rings is 2. The van der Waals surface area contributed by atoms with Crippen LogP contribution in [-0.4, -0.2) is 51.5 Å². The molecule has 0 aliphatic heterocycles. The maximum Gasteiger partial charge on any atom is 0.195 e. The average Bonchev–Trinajstić information content (AvgIpc) is 3.15. The Hall–Kier alpha value is -3.18. The van der Waals surface area contributed by atoms with Crippen LogP contribution < -0.4 is 4.74 Å². The molecule has 2 atom stereocenters. The van der Waals surface area contributed by atoms with Gasteiger partial charge in [0.05, 0.1) is 23.8 Å². The lowest BCUT2D eigenvalue weighted by atomic mass is 9.71. The fraction of sp³-hybridized carbons (Fsp3) is 0.304. The molecule has 0 amide bonds. The molecule has 30 heavy (non-hydrogen) atoms. The molecule has 0 saturated heterocycles. The number of aliphatic hydroxyl groups excluding tert-OH is 3. The number of ketones is 1. The van der Waals surface area contributed by atoms with Crippen molar-refractivity contribution >= 4 is 16.7 Å². The molecule has 0 fully saturated rings. The van der Waals surface area contributed by atoms with Gasteiger partial charge in [-0.1, -0.05) is 26.0 Å². The lowest BCUT2D eigenvalue weighted by Crippen LogP contribution is -2.34. The summed E-state index contributed by atoms with van der Waals surface area (Å²) in [6, 6.07) is 12.5. The molecule has 1 aromatic heterocycles. The molecule has 0 radical (unpaired) electrons. The van der Waals surface area contributed by atoms with Crippen LogP contribution in [0.15, 0.2) is 36.4 Å². The second-order valence-corrected chi connectivity index (χ2v) is 8.04. The lowest BCUT2D eigenvalue weighted by Gasteiger charge is -2.32. The van der Waals surface area contributed by atoms with Gasteiger partial charge in [-0.05, 0) is 29.8 Å². The number of rotatable bonds is 5. The van der Waals surface area contributed by atoms with E-state index in [0.717, 1.165) is 22.2 Å². The quantitative estimate of drug-likeness (QED) is 0.513. The van der Waals surface area contributed by atoms with Gasteiger partial charge >= 0.3 is 0 Å². The second-order valence-electron chi connectivity index (χ2n) is 8.04. The van der Waals surface area contributed by atoms with E-state index in [1.807, 2.05) is 19.9 Å². The van der Waals surface area contributed by atoms with E-state index in [2.05, 4.69) is 11.1 Å². The summed E-state index contributed by atoms with van der Waals surface area (Å²) < 4.78 is 5.54. The highest BCUT2D eigenvalue weighted by atomic mass is 16.5. The highest BCUT2D eigenvalue weighted by molar-refractivity contribution is 6.20. The van der Waals surface area contributed by atoms with Crippen molar-refractivity contribution in [3.05, 3.63) is 64.3 Å². The number of nitrogens with zero attached hydrogens (tertiary/aromatic N) is 1. The predicted molar refractivity (Wildman–Crippen MR) is 110 cm³/mol. The number of aliphatic hydroxyl groups is 3. The van der Waals surface area contributed by atoms with Crippen molar-refractivity contribution in [3.63, 3.8) is 0 Å². The smallest absolute Gasteiger partial charge is 0.195 e. The van der Waals surface area contributed by atoms with E-state index in [1.54, 1.807) is 30.3 Å². The predicted octanol–water partition coefficient (Wildman–Crippen LogP) is 2.00. The Bertz CT molecular complexity index is 1190. The Balaban J connectivity index is 1.75. The lowest BCUT2D eigenvalue weighted by molar-refractivity contribution is -0.0339. The number of nitrogens with one attached hydrogen (secondary N) is 1. The minimum atomic E-state index is -1.30. The number of H-pyrrole nitrogens is 1.